The van der Waals surface area contributed by atoms with Gasteiger partial charge < -0.3 is 9.84 Å². The van der Waals surface area contributed by atoms with E-state index in [2.05, 4.69) is 26.0 Å². The minimum Gasteiger partial charge on any atom is -0.489 e. The van der Waals surface area contributed by atoms with Gasteiger partial charge in [0, 0.05) is 10.6 Å². The van der Waals surface area contributed by atoms with Crippen molar-refractivity contribution < 1.29 is 19.0 Å². The highest BCUT2D eigenvalue weighted by molar-refractivity contribution is 6.30. The fraction of sp³-hybridized carbons (Fsp3) is 0.323. The van der Waals surface area contributed by atoms with E-state index in [0.717, 1.165) is 41.5 Å². The number of hydrogen-bond donors (Lipinski definition) is 1. The van der Waals surface area contributed by atoms with Gasteiger partial charge in [-0.3, -0.25) is 4.79 Å². The number of halogens is 2. The zero-order chi connectivity index (χ0) is 25.9. The molecule has 0 fully saturated rings. The van der Waals surface area contributed by atoms with E-state index in [0.29, 0.717) is 22.9 Å². The van der Waals surface area contributed by atoms with Crippen molar-refractivity contribution in [3.05, 3.63) is 94.3 Å². The van der Waals surface area contributed by atoms with Gasteiger partial charge in [0.05, 0.1) is 6.42 Å². The van der Waals surface area contributed by atoms with Crippen molar-refractivity contribution in [1.82, 2.24) is 0 Å². The number of carboxylic acid groups (broad SMARTS) is 1. The molecule has 36 heavy (non-hydrogen) atoms. The van der Waals surface area contributed by atoms with E-state index in [1.165, 1.54) is 11.6 Å². The molecule has 188 valence electrons. The van der Waals surface area contributed by atoms with Crippen molar-refractivity contribution in [3.8, 4) is 16.9 Å². The molecule has 0 radical (unpaired) electrons. The number of allylic oxidation sites excluding steroid dienone is 2. The van der Waals surface area contributed by atoms with Crippen molar-refractivity contribution in [3.63, 3.8) is 0 Å². The van der Waals surface area contributed by atoms with Crippen molar-refractivity contribution in [2.24, 2.45) is 5.41 Å². The molecule has 5 heteroatoms. The molecular formula is C31H32ClFO3. The van der Waals surface area contributed by atoms with Gasteiger partial charge in [0.2, 0.25) is 0 Å². The Balaban J connectivity index is 1.65. The van der Waals surface area contributed by atoms with Crippen LogP contribution in [0.25, 0.3) is 16.7 Å². The van der Waals surface area contributed by atoms with E-state index in [-0.39, 0.29) is 23.6 Å². The third kappa shape index (κ3) is 5.82. The molecule has 4 rings (SSSR count). The van der Waals surface area contributed by atoms with Gasteiger partial charge in [0.25, 0.3) is 0 Å². The van der Waals surface area contributed by atoms with Gasteiger partial charge in [0.1, 0.15) is 18.2 Å². The first-order valence-electron chi connectivity index (χ1n) is 12.4. The van der Waals surface area contributed by atoms with Crippen LogP contribution in [-0.4, -0.2) is 11.1 Å². The van der Waals surface area contributed by atoms with Gasteiger partial charge in [0.15, 0.2) is 0 Å². The van der Waals surface area contributed by atoms with Crippen LogP contribution in [0.5, 0.6) is 5.75 Å². The van der Waals surface area contributed by atoms with Crippen LogP contribution in [-0.2, 0) is 11.4 Å². The minimum atomic E-state index is -0.805. The monoisotopic (exact) mass is 506 g/mol. The summed E-state index contributed by atoms with van der Waals surface area (Å²) in [6.45, 7) is 6.78. The van der Waals surface area contributed by atoms with Crippen LogP contribution in [0.4, 0.5) is 4.39 Å². The maximum atomic E-state index is 14.9. The van der Waals surface area contributed by atoms with E-state index in [4.69, 9.17) is 16.3 Å². The highest BCUT2D eigenvalue weighted by Crippen LogP contribution is 2.47. The van der Waals surface area contributed by atoms with Crippen LogP contribution >= 0.6 is 11.6 Å². The second-order valence-electron chi connectivity index (χ2n) is 10.1. The van der Waals surface area contributed by atoms with Crippen LogP contribution in [0, 0.1) is 11.2 Å². The fourth-order valence-corrected chi connectivity index (χ4v) is 5.21. The molecule has 1 atom stereocenters. The summed E-state index contributed by atoms with van der Waals surface area (Å²) in [4.78, 5) is 11.2. The van der Waals surface area contributed by atoms with Crippen molar-refractivity contribution >= 4 is 23.1 Å². The molecule has 0 bridgehead atoms. The Morgan fingerprint density at radius 2 is 1.89 bits per heavy atom. The van der Waals surface area contributed by atoms with Gasteiger partial charge in [-0.05, 0) is 94.8 Å². The predicted molar refractivity (Wildman–Crippen MR) is 144 cm³/mol. The molecular weight excluding hydrogens is 475 g/mol. The van der Waals surface area contributed by atoms with E-state index in [9.17, 15) is 14.3 Å². The maximum Gasteiger partial charge on any atom is 0.303 e. The number of ether oxygens (including phenoxy) is 1. The lowest BCUT2D eigenvalue weighted by Crippen LogP contribution is -2.10. The number of carboxylic acids is 1. The van der Waals surface area contributed by atoms with Crippen LogP contribution < -0.4 is 4.74 Å². The fourth-order valence-electron chi connectivity index (χ4n) is 5.04. The molecule has 0 aromatic heterocycles. The van der Waals surface area contributed by atoms with Gasteiger partial charge in [-0.15, -0.1) is 0 Å². The lowest BCUT2D eigenvalue weighted by Gasteiger charge is -2.25. The molecule has 3 aromatic carbocycles. The summed E-state index contributed by atoms with van der Waals surface area (Å²) in [5.74, 6) is -0.463. The molecule has 0 saturated heterocycles. The van der Waals surface area contributed by atoms with E-state index >= 15 is 0 Å². The predicted octanol–water partition coefficient (Wildman–Crippen LogP) is 8.90. The van der Waals surface area contributed by atoms with Gasteiger partial charge in [-0.1, -0.05) is 62.7 Å². The second kappa shape index (κ2) is 10.9. The van der Waals surface area contributed by atoms with Gasteiger partial charge >= 0.3 is 5.97 Å². The highest BCUT2D eigenvalue weighted by atomic mass is 35.5. The first kappa shape index (κ1) is 26.0. The molecule has 0 aliphatic heterocycles. The average molecular weight is 507 g/mol. The Hall–Kier alpha value is -3.11. The zero-order valence-electron chi connectivity index (χ0n) is 21.0. The zero-order valence-corrected chi connectivity index (χ0v) is 21.7. The molecule has 1 aliphatic carbocycles. The summed E-state index contributed by atoms with van der Waals surface area (Å²) in [7, 11) is 0. The molecule has 1 aliphatic rings. The number of carbonyl (C=O) groups is 1. The van der Waals surface area contributed by atoms with Crippen molar-refractivity contribution in [2.45, 2.75) is 59.0 Å². The summed E-state index contributed by atoms with van der Waals surface area (Å²) < 4.78 is 21.0. The molecule has 3 aromatic rings. The highest BCUT2D eigenvalue weighted by Gasteiger charge is 2.30. The third-order valence-corrected chi connectivity index (χ3v) is 7.32. The summed E-state index contributed by atoms with van der Waals surface area (Å²) in [6, 6.07) is 18.3. The SMILES string of the molecule is CC[C@H](CC(=O)O)c1cccc(OCc2ccc(-c3cc(Cl)ccc3F)c(C3=CCCC3(C)C)c2)c1. The Bertz CT molecular complexity index is 1290. The lowest BCUT2D eigenvalue weighted by molar-refractivity contribution is -0.137. The van der Waals surface area contributed by atoms with E-state index < -0.39 is 5.97 Å². The Morgan fingerprint density at radius 3 is 2.58 bits per heavy atom. The first-order valence-corrected chi connectivity index (χ1v) is 12.8. The Morgan fingerprint density at radius 1 is 1.08 bits per heavy atom. The molecule has 0 unspecified atom stereocenters. The van der Waals surface area contributed by atoms with Gasteiger partial charge in [-0.2, -0.15) is 0 Å². The number of aliphatic carboxylic acids is 1. The summed E-state index contributed by atoms with van der Waals surface area (Å²) in [5.41, 5.74) is 5.44. The molecule has 0 amide bonds. The van der Waals surface area contributed by atoms with Gasteiger partial charge in [-0.25, -0.2) is 4.39 Å². The quantitative estimate of drug-likeness (QED) is 0.315. The summed E-state index contributed by atoms with van der Waals surface area (Å²) >= 11 is 6.22. The maximum absolute atomic E-state index is 14.9. The first-order chi connectivity index (χ1) is 17.2. The third-order valence-electron chi connectivity index (χ3n) is 7.09. The normalized spacial score (nSPS) is 15.4. The van der Waals surface area contributed by atoms with Crippen LogP contribution in [0.2, 0.25) is 5.02 Å². The van der Waals surface area contributed by atoms with Crippen LogP contribution in [0.3, 0.4) is 0 Å². The molecule has 3 nitrogen and oxygen atoms in total. The number of benzene rings is 3. The van der Waals surface area contributed by atoms with E-state index in [1.54, 1.807) is 12.1 Å². The summed E-state index contributed by atoms with van der Waals surface area (Å²) in [6.07, 6.45) is 5.12. The summed E-state index contributed by atoms with van der Waals surface area (Å²) in [5, 5.41) is 9.72. The Labute approximate surface area is 217 Å². The number of hydrogen-bond acceptors (Lipinski definition) is 2. The average Bonchev–Trinajstić information content (AvgIpc) is 3.21. The lowest BCUT2D eigenvalue weighted by atomic mass is 9.79. The van der Waals surface area contributed by atoms with E-state index in [1.807, 2.05) is 43.3 Å². The van der Waals surface area contributed by atoms with Crippen molar-refractivity contribution in [1.29, 1.82) is 0 Å². The molecule has 0 saturated carbocycles. The largest absolute Gasteiger partial charge is 0.489 e. The van der Waals surface area contributed by atoms with Crippen LogP contribution in [0.15, 0.2) is 66.7 Å². The molecule has 0 spiro atoms. The minimum absolute atomic E-state index is 0.0169. The second-order valence-corrected chi connectivity index (χ2v) is 10.5. The molecule has 0 heterocycles. The number of rotatable bonds is 9. The standard InChI is InChI=1S/C31H32ClFO3/c1-4-21(17-30(34)35)22-7-5-8-24(16-22)36-19-20-10-12-25(27-18-23(32)11-13-29(27)33)26(15-20)28-9-6-14-31(28,2)3/h5,7-13,15-16,18,21H,4,6,14,17,19H2,1-3H3,(H,34,35)/t21-/m1/s1. The van der Waals surface area contributed by atoms with Crippen molar-refractivity contribution in [2.75, 3.05) is 0 Å². The van der Waals surface area contributed by atoms with Crippen LogP contribution in [0.1, 0.15) is 69.1 Å². The Kier molecular flexibility index (Phi) is 7.85. The topological polar surface area (TPSA) is 46.5 Å². The molecule has 1 N–H and O–H groups in total. The smallest absolute Gasteiger partial charge is 0.303 e.